The third-order valence-electron chi connectivity index (χ3n) is 5.57. The quantitative estimate of drug-likeness (QED) is 0.157. The van der Waals surface area contributed by atoms with E-state index in [1.54, 1.807) is 0 Å². The number of aromatic nitrogens is 2. The Balaban J connectivity index is 2.59. The Morgan fingerprint density at radius 3 is 2.00 bits per heavy atom. The Bertz CT molecular complexity index is 1530. The van der Waals surface area contributed by atoms with E-state index < -0.39 is 81.3 Å². The molecule has 0 fully saturated rings. The Morgan fingerprint density at radius 2 is 1.52 bits per heavy atom. The summed E-state index contributed by atoms with van der Waals surface area (Å²) in [5.74, 6) is -2.82. The summed E-state index contributed by atoms with van der Waals surface area (Å²) in [6.45, 7) is -0.670. The number of hydrogen-bond donors (Lipinski definition) is 0. The Morgan fingerprint density at radius 1 is 0.929 bits per heavy atom. The zero-order chi connectivity index (χ0) is 31.8. The second kappa shape index (κ2) is 12.0. The van der Waals surface area contributed by atoms with Crippen LogP contribution >= 0.6 is 23.2 Å². The molecule has 42 heavy (non-hydrogen) atoms. The van der Waals surface area contributed by atoms with E-state index in [0.29, 0.717) is 4.57 Å². The molecular formula is C24H16Cl2F9N3O4. The first kappa shape index (κ1) is 33.0. The molecule has 0 aliphatic carbocycles. The van der Waals surface area contributed by atoms with Crippen molar-refractivity contribution in [1.29, 1.82) is 0 Å². The highest BCUT2D eigenvalue weighted by atomic mass is 35.5. The molecule has 0 aliphatic heterocycles. The summed E-state index contributed by atoms with van der Waals surface area (Å²) in [6, 6.07) is 6.92. The van der Waals surface area contributed by atoms with Gasteiger partial charge in [0.1, 0.15) is 5.02 Å². The number of carbonyl (C=O) groups is 1. The molecule has 1 unspecified atom stereocenters. The third-order valence-corrected chi connectivity index (χ3v) is 6.31. The number of benzene rings is 2. The van der Waals surface area contributed by atoms with Gasteiger partial charge in [-0.1, -0.05) is 53.5 Å². The van der Waals surface area contributed by atoms with Crippen LogP contribution in [0.1, 0.15) is 22.4 Å². The van der Waals surface area contributed by atoms with Gasteiger partial charge in [0.15, 0.2) is 5.69 Å². The topological polar surface area (TPSA) is 73.7 Å². The van der Waals surface area contributed by atoms with Crippen LogP contribution in [0.5, 0.6) is 0 Å². The minimum absolute atomic E-state index is 0.0212. The summed E-state index contributed by atoms with van der Waals surface area (Å²) in [7, 11) is 1.48. The lowest BCUT2D eigenvalue weighted by atomic mass is 10.1. The maximum atomic E-state index is 13.9. The van der Waals surface area contributed by atoms with Crippen LogP contribution in [-0.2, 0) is 39.3 Å². The van der Waals surface area contributed by atoms with Gasteiger partial charge in [-0.25, -0.2) is 9.78 Å². The van der Waals surface area contributed by atoms with Gasteiger partial charge in [-0.05, 0) is 17.7 Å². The molecule has 3 rings (SSSR count). The van der Waals surface area contributed by atoms with Crippen LogP contribution in [0.25, 0.3) is 0 Å². The largest absolute Gasteiger partial charge is 0.466 e. The first-order valence-corrected chi connectivity index (χ1v) is 11.9. The van der Waals surface area contributed by atoms with Crippen molar-refractivity contribution in [3.05, 3.63) is 85.2 Å². The molecular weight excluding hydrogens is 636 g/mol. The molecule has 7 nitrogen and oxygen atoms in total. The van der Waals surface area contributed by atoms with Gasteiger partial charge >= 0.3 is 24.5 Å². The number of anilines is 2. The van der Waals surface area contributed by atoms with Gasteiger partial charge in [-0.3, -0.25) is 14.3 Å². The van der Waals surface area contributed by atoms with E-state index in [-0.39, 0.29) is 22.6 Å². The van der Waals surface area contributed by atoms with Crippen molar-refractivity contribution in [2.45, 2.75) is 31.3 Å². The van der Waals surface area contributed by atoms with Crippen molar-refractivity contribution in [2.75, 3.05) is 19.1 Å². The summed E-state index contributed by atoms with van der Waals surface area (Å²) < 4.78 is 134. The lowest BCUT2D eigenvalue weighted by Gasteiger charge is -2.33. The number of esters is 1. The van der Waals surface area contributed by atoms with E-state index in [1.165, 1.54) is 30.3 Å². The van der Waals surface area contributed by atoms with Crippen molar-refractivity contribution in [3.8, 4) is 0 Å². The van der Waals surface area contributed by atoms with Crippen LogP contribution in [0.2, 0.25) is 10.0 Å². The van der Waals surface area contributed by atoms with Crippen LogP contribution in [0.3, 0.4) is 0 Å². The lowest BCUT2D eigenvalue weighted by molar-refractivity contribution is -0.151. The summed E-state index contributed by atoms with van der Waals surface area (Å²) in [6.07, 6.45) is -18.9. The van der Waals surface area contributed by atoms with Crippen molar-refractivity contribution < 1.29 is 53.8 Å². The molecule has 1 heterocycles. The normalized spacial score (nSPS) is 13.2. The van der Waals surface area contributed by atoms with Crippen LogP contribution in [-0.4, -0.2) is 36.0 Å². The molecule has 1 aromatic heterocycles. The fourth-order valence-electron chi connectivity index (χ4n) is 3.70. The highest BCUT2D eigenvalue weighted by Crippen LogP contribution is 2.46. The van der Waals surface area contributed by atoms with E-state index in [2.05, 4.69) is 9.72 Å². The van der Waals surface area contributed by atoms with Crippen molar-refractivity contribution in [1.82, 2.24) is 9.55 Å². The highest BCUT2D eigenvalue weighted by molar-refractivity contribution is 6.34. The minimum Gasteiger partial charge on any atom is -0.466 e. The predicted octanol–water partition coefficient (Wildman–Crippen LogP) is 6.94. The third kappa shape index (κ3) is 6.76. The molecule has 0 saturated heterocycles. The van der Waals surface area contributed by atoms with Crippen LogP contribution in [0.15, 0.2) is 47.3 Å². The maximum Gasteiger partial charge on any atom is 0.435 e. The van der Waals surface area contributed by atoms with Gasteiger partial charge in [0.05, 0.1) is 35.5 Å². The van der Waals surface area contributed by atoms with Gasteiger partial charge in [0, 0.05) is 7.11 Å². The minimum atomic E-state index is -5.53. The number of carbonyl (C=O) groups excluding carboxylic acids is 1. The number of rotatable bonds is 7. The SMILES string of the molecule is COC(=O)C(OC)N(c1cc(C(F)(F)F)cc(C(F)(F)F)c1Cl)c1nc(C(F)(F)F)c(Cl)c(=O)n1Cc1ccccc1. The average molecular weight is 652 g/mol. The Labute approximate surface area is 240 Å². The van der Waals surface area contributed by atoms with E-state index in [0.717, 1.165) is 14.2 Å². The molecule has 0 aliphatic rings. The standard InChI is InChI=1S/C24H16Cl2F9N3O4/c1-41-19(20(40)42-2)38(14-9-12(22(27,28)29)8-13(15(14)25)23(30,31)32)21-36-17(24(33,34)35)16(26)18(39)37(21)10-11-6-4-3-5-7-11/h3-9,19H,10H2,1-2H3. The molecule has 228 valence electrons. The molecule has 18 heteroatoms. The van der Waals surface area contributed by atoms with Crippen LogP contribution in [0, 0.1) is 0 Å². The fraction of sp³-hybridized carbons (Fsp3) is 0.292. The lowest BCUT2D eigenvalue weighted by Crippen LogP contribution is -2.44. The second-order valence-electron chi connectivity index (χ2n) is 8.28. The van der Waals surface area contributed by atoms with Crippen molar-refractivity contribution in [3.63, 3.8) is 0 Å². The van der Waals surface area contributed by atoms with Crippen molar-refractivity contribution >= 4 is 40.8 Å². The number of ether oxygens (including phenoxy) is 2. The van der Waals surface area contributed by atoms with Crippen molar-refractivity contribution in [2.24, 2.45) is 0 Å². The van der Waals surface area contributed by atoms with E-state index >= 15 is 0 Å². The number of halogens is 11. The molecule has 0 radical (unpaired) electrons. The van der Waals surface area contributed by atoms with E-state index in [9.17, 15) is 49.1 Å². The summed E-state index contributed by atoms with van der Waals surface area (Å²) >= 11 is 11.6. The van der Waals surface area contributed by atoms with Crippen LogP contribution < -0.4 is 10.5 Å². The van der Waals surface area contributed by atoms with Gasteiger partial charge in [-0.15, -0.1) is 0 Å². The predicted molar refractivity (Wildman–Crippen MR) is 130 cm³/mol. The first-order chi connectivity index (χ1) is 19.3. The number of hydrogen-bond acceptors (Lipinski definition) is 6. The molecule has 0 bridgehead atoms. The monoisotopic (exact) mass is 651 g/mol. The number of alkyl halides is 9. The molecule has 0 N–H and O–H groups in total. The highest BCUT2D eigenvalue weighted by Gasteiger charge is 2.44. The zero-order valence-electron chi connectivity index (χ0n) is 21.0. The molecule has 1 atom stereocenters. The van der Waals surface area contributed by atoms with E-state index in [4.69, 9.17) is 27.9 Å². The fourth-order valence-corrected chi connectivity index (χ4v) is 4.26. The molecule has 0 amide bonds. The van der Waals surface area contributed by atoms with Crippen LogP contribution in [0.4, 0.5) is 51.1 Å². The molecule has 3 aromatic rings. The smallest absolute Gasteiger partial charge is 0.435 e. The Kier molecular flexibility index (Phi) is 9.44. The number of nitrogens with zero attached hydrogens (tertiary/aromatic N) is 3. The number of methoxy groups -OCH3 is 2. The summed E-state index contributed by atoms with van der Waals surface area (Å²) in [4.78, 5) is 29.2. The van der Waals surface area contributed by atoms with E-state index in [1.807, 2.05) is 0 Å². The van der Waals surface area contributed by atoms with Gasteiger partial charge in [0.2, 0.25) is 12.2 Å². The maximum absolute atomic E-state index is 13.9. The first-order valence-electron chi connectivity index (χ1n) is 11.1. The van der Waals surface area contributed by atoms with Gasteiger partial charge in [0.25, 0.3) is 5.56 Å². The molecule has 2 aromatic carbocycles. The zero-order valence-corrected chi connectivity index (χ0v) is 22.5. The average Bonchev–Trinajstić information content (AvgIpc) is 2.89. The second-order valence-corrected chi connectivity index (χ2v) is 9.04. The summed E-state index contributed by atoms with van der Waals surface area (Å²) in [5.41, 5.74) is -8.84. The molecule has 0 spiro atoms. The van der Waals surface area contributed by atoms with Gasteiger partial charge < -0.3 is 9.47 Å². The summed E-state index contributed by atoms with van der Waals surface area (Å²) in [5, 5.41) is -2.97. The molecule has 0 saturated carbocycles. The van der Waals surface area contributed by atoms with Gasteiger partial charge in [-0.2, -0.15) is 39.5 Å². The Hall–Kier alpha value is -3.50.